The van der Waals surface area contributed by atoms with Crippen molar-refractivity contribution in [3.8, 4) is 0 Å². The molecule has 0 amide bonds. The molecule has 0 bridgehead atoms. The minimum atomic E-state index is 0.502. The maximum absolute atomic E-state index is 5.60. The van der Waals surface area contributed by atoms with E-state index in [1.807, 2.05) is 18.0 Å². The Bertz CT molecular complexity index is 538. The first-order chi connectivity index (χ1) is 8.69. The molecule has 0 saturated carbocycles. The lowest BCUT2D eigenvalue weighted by Crippen LogP contribution is -1.99. The molecule has 0 aliphatic heterocycles. The summed E-state index contributed by atoms with van der Waals surface area (Å²) >= 11 is 1.86. The van der Waals surface area contributed by atoms with E-state index in [9.17, 15) is 0 Å². The Hall–Kier alpha value is -1.32. The van der Waals surface area contributed by atoms with Gasteiger partial charge >= 0.3 is 0 Å². The second-order valence-electron chi connectivity index (χ2n) is 4.42. The largest absolute Gasteiger partial charge is 0.325 e. The van der Waals surface area contributed by atoms with E-state index in [2.05, 4.69) is 49.2 Å². The summed E-state index contributed by atoms with van der Waals surface area (Å²) in [6, 6.07) is 10.7. The summed E-state index contributed by atoms with van der Waals surface area (Å²) in [5, 5.41) is 0. The molecule has 0 unspecified atom stereocenters. The van der Waals surface area contributed by atoms with Crippen LogP contribution in [0.25, 0.3) is 0 Å². The van der Waals surface area contributed by atoms with Crippen LogP contribution in [0.2, 0.25) is 0 Å². The van der Waals surface area contributed by atoms with Gasteiger partial charge in [0.15, 0.2) is 0 Å². The number of nitrogens with two attached hydrogens (primary N) is 1. The zero-order valence-corrected chi connectivity index (χ0v) is 11.6. The van der Waals surface area contributed by atoms with Crippen molar-refractivity contribution in [1.82, 2.24) is 4.98 Å². The van der Waals surface area contributed by atoms with Gasteiger partial charge in [-0.2, -0.15) is 0 Å². The van der Waals surface area contributed by atoms with Crippen LogP contribution < -0.4 is 5.73 Å². The highest BCUT2D eigenvalue weighted by Crippen LogP contribution is 2.26. The van der Waals surface area contributed by atoms with Gasteiger partial charge in [-0.15, -0.1) is 11.8 Å². The second-order valence-corrected chi connectivity index (χ2v) is 5.43. The smallest absolute Gasteiger partial charge is 0.0542 e. The maximum atomic E-state index is 5.60. The summed E-state index contributed by atoms with van der Waals surface area (Å²) < 4.78 is 0. The fourth-order valence-electron chi connectivity index (χ4n) is 1.75. The van der Waals surface area contributed by atoms with Gasteiger partial charge in [-0.3, -0.25) is 4.98 Å². The summed E-state index contributed by atoms with van der Waals surface area (Å²) in [5.41, 5.74) is 10.5. The van der Waals surface area contributed by atoms with Gasteiger partial charge in [-0.25, -0.2) is 0 Å². The van der Waals surface area contributed by atoms with Crippen molar-refractivity contribution in [1.29, 1.82) is 0 Å². The van der Waals surface area contributed by atoms with Crippen LogP contribution in [-0.2, 0) is 12.3 Å². The second kappa shape index (κ2) is 6.03. The molecule has 18 heavy (non-hydrogen) atoms. The first-order valence-electron chi connectivity index (χ1n) is 6.03. The Morgan fingerprint density at radius 3 is 2.78 bits per heavy atom. The van der Waals surface area contributed by atoms with Crippen molar-refractivity contribution in [3.05, 3.63) is 58.9 Å². The molecule has 3 heteroatoms. The van der Waals surface area contributed by atoms with E-state index in [0.29, 0.717) is 6.54 Å². The minimum absolute atomic E-state index is 0.502. The predicted octanol–water partition coefficient (Wildman–Crippen LogP) is 3.45. The molecule has 2 aromatic rings. The first-order valence-corrected chi connectivity index (χ1v) is 7.01. The number of aryl methyl sites for hydroxylation is 2. The molecule has 0 saturated heterocycles. The predicted molar refractivity (Wildman–Crippen MR) is 77.6 cm³/mol. The average molecular weight is 258 g/mol. The van der Waals surface area contributed by atoms with Crippen molar-refractivity contribution in [2.45, 2.75) is 31.0 Å². The lowest BCUT2D eigenvalue weighted by Gasteiger charge is -2.07. The van der Waals surface area contributed by atoms with Crippen LogP contribution in [0.5, 0.6) is 0 Å². The SMILES string of the molecule is Cc1ccc(C)c(SCc2ccnc(CN)c2)c1. The van der Waals surface area contributed by atoms with Crippen LogP contribution in [0.3, 0.4) is 0 Å². The third kappa shape index (κ3) is 3.34. The van der Waals surface area contributed by atoms with Gasteiger partial charge < -0.3 is 5.73 Å². The normalized spacial score (nSPS) is 10.6. The Kier molecular flexibility index (Phi) is 4.39. The standard InChI is InChI=1S/C15H18N2S/c1-11-3-4-12(2)15(7-11)18-10-13-5-6-17-14(8-13)9-16/h3-8H,9-10,16H2,1-2H3. The number of thioether (sulfide) groups is 1. The van der Waals surface area contributed by atoms with Crippen molar-refractivity contribution >= 4 is 11.8 Å². The summed E-state index contributed by atoms with van der Waals surface area (Å²) in [6.07, 6.45) is 1.83. The monoisotopic (exact) mass is 258 g/mol. The molecule has 0 fully saturated rings. The van der Waals surface area contributed by atoms with Gasteiger partial charge in [0, 0.05) is 23.4 Å². The topological polar surface area (TPSA) is 38.9 Å². The Labute approximate surface area is 113 Å². The first kappa shape index (κ1) is 13.1. The van der Waals surface area contributed by atoms with Crippen molar-refractivity contribution in [2.24, 2.45) is 5.73 Å². The fourth-order valence-corrected chi connectivity index (χ4v) is 2.82. The highest BCUT2D eigenvalue weighted by molar-refractivity contribution is 7.98. The van der Waals surface area contributed by atoms with Crippen LogP contribution in [0.15, 0.2) is 41.4 Å². The summed E-state index contributed by atoms with van der Waals surface area (Å²) in [4.78, 5) is 5.56. The van der Waals surface area contributed by atoms with Gasteiger partial charge in [0.2, 0.25) is 0 Å². The molecule has 0 atom stereocenters. The molecule has 2 nitrogen and oxygen atoms in total. The number of rotatable bonds is 4. The lowest BCUT2D eigenvalue weighted by atomic mass is 10.2. The summed E-state index contributed by atoms with van der Waals surface area (Å²) in [7, 11) is 0. The highest BCUT2D eigenvalue weighted by Gasteiger charge is 2.01. The molecule has 0 radical (unpaired) electrons. The van der Waals surface area contributed by atoms with E-state index in [1.165, 1.54) is 21.6 Å². The third-order valence-corrected chi connectivity index (χ3v) is 4.06. The molecule has 94 valence electrons. The molecule has 0 aliphatic carbocycles. The zero-order valence-electron chi connectivity index (χ0n) is 10.8. The van der Waals surface area contributed by atoms with E-state index in [0.717, 1.165) is 11.4 Å². The van der Waals surface area contributed by atoms with Crippen molar-refractivity contribution in [2.75, 3.05) is 0 Å². The van der Waals surface area contributed by atoms with Gasteiger partial charge in [0.25, 0.3) is 0 Å². The molecule has 1 heterocycles. The van der Waals surface area contributed by atoms with Crippen LogP contribution in [0, 0.1) is 13.8 Å². The fraction of sp³-hybridized carbons (Fsp3) is 0.267. The number of hydrogen-bond donors (Lipinski definition) is 1. The molecule has 2 N–H and O–H groups in total. The maximum Gasteiger partial charge on any atom is 0.0542 e. The zero-order chi connectivity index (χ0) is 13.0. The molecule has 2 rings (SSSR count). The van der Waals surface area contributed by atoms with Gasteiger partial charge in [0.05, 0.1) is 5.69 Å². The van der Waals surface area contributed by atoms with Gasteiger partial charge in [-0.05, 0) is 43.2 Å². The number of hydrogen-bond acceptors (Lipinski definition) is 3. The molecule has 1 aromatic heterocycles. The van der Waals surface area contributed by atoms with Crippen LogP contribution in [0.1, 0.15) is 22.4 Å². The van der Waals surface area contributed by atoms with Crippen LogP contribution in [-0.4, -0.2) is 4.98 Å². The molecule has 0 aliphatic rings. The van der Waals surface area contributed by atoms with Crippen LogP contribution >= 0.6 is 11.8 Å². The molecular weight excluding hydrogens is 240 g/mol. The molecular formula is C15H18N2S. The highest BCUT2D eigenvalue weighted by atomic mass is 32.2. The lowest BCUT2D eigenvalue weighted by molar-refractivity contribution is 0.983. The van der Waals surface area contributed by atoms with E-state index < -0.39 is 0 Å². The van der Waals surface area contributed by atoms with E-state index in [4.69, 9.17) is 5.73 Å². The molecule has 1 aromatic carbocycles. The minimum Gasteiger partial charge on any atom is -0.325 e. The van der Waals surface area contributed by atoms with E-state index in [1.54, 1.807) is 0 Å². The Balaban J connectivity index is 2.08. The van der Waals surface area contributed by atoms with Crippen LogP contribution in [0.4, 0.5) is 0 Å². The van der Waals surface area contributed by atoms with Crippen molar-refractivity contribution < 1.29 is 0 Å². The Morgan fingerprint density at radius 2 is 2.00 bits per heavy atom. The number of pyridine rings is 1. The number of nitrogens with zero attached hydrogens (tertiary/aromatic N) is 1. The number of benzene rings is 1. The average Bonchev–Trinajstić information content (AvgIpc) is 2.40. The van der Waals surface area contributed by atoms with Crippen molar-refractivity contribution in [3.63, 3.8) is 0 Å². The van der Waals surface area contributed by atoms with Gasteiger partial charge in [0.1, 0.15) is 0 Å². The van der Waals surface area contributed by atoms with E-state index >= 15 is 0 Å². The van der Waals surface area contributed by atoms with E-state index in [-0.39, 0.29) is 0 Å². The summed E-state index contributed by atoms with van der Waals surface area (Å²) in [5.74, 6) is 0.958. The number of aromatic nitrogens is 1. The summed E-state index contributed by atoms with van der Waals surface area (Å²) in [6.45, 7) is 4.78. The third-order valence-electron chi connectivity index (χ3n) is 2.83. The Morgan fingerprint density at radius 1 is 1.17 bits per heavy atom. The van der Waals surface area contributed by atoms with Gasteiger partial charge in [-0.1, -0.05) is 17.7 Å². The molecule has 0 spiro atoms. The quantitative estimate of drug-likeness (QED) is 0.854.